The van der Waals surface area contributed by atoms with Gasteiger partial charge in [-0.25, -0.2) is 15.8 Å². The molecule has 1 heterocycles. The van der Waals surface area contributed by atoms with Gasteiger partial charge >= 0.3 is 0 Å². The fourth-order valence-electron chi connectivity index (χ4n) is 2.67. The standard InChI is InChI=1S/C14H25N5O/c1-4-20-9-13-17-11(7-12(18-13)19-15)16-10-5-6-14(2,3)8-10/h7,10H,4-6,8-9,15H2,1-3H3,(H2,16,17,18,19). The van der Waals surface area contributed by atoms with Gasteiger partial charge in [-0.3, -0.25) is 0 Å². The van der Waals surface area contributed by atoms with Gasteiger partial charge in [0, 0.05) is 18.7 Å². The van der Waals surface area contributed by atoms with Crippen molar-refractivity contribution in [3.63, 3.8) is 0 Å². The molecule has 1 aromatic rings. The molecule has 1 aliphatic rings. The van der Waals surface area contributed by atoms with Crippen LogP contribution in [-0.2, 0) is 11.3 Å². The number of hydrogen-bond acceptors (Lipinski definition) is 6. The number of nitrogen functional groups attached to an aromatic ring is 1. The van der Waals surface area contributed by atoms with E-state index in [1.54, 1.807) is 0 Å². The lowest BCUT2D eigenvalue weighted by molar-refractivity contribution is 0.128. The van der Waals surface area contributed by atoms with Crippen LogP contribution in [0.15, 0.2) is 6.07 Å². The van der Waals surface area contributed by atoms with Crippen LogP contribution in [0.5, 0.6) is 0 Å². The van der Waals surface area contributed by atoms with Gasteiger partial charge in [0.2, 0.25) is 0 Å². The quantitative estimate of drug-likeness (QED) is 0.547. The Bertz CT molecular complexity index is 449. The lowest BCUT2D eigenvalue weighted by Gasteiger charge is -2.18. The molecule has 6 nitrogen and oxygen atoms in total. The molecule has 1 aromatic heterocycles. The van der Waals surface area contributed by atoms with Gasteiger partial charge in [-0.15, -0.1) is 0 Å². The Balaban J connectivity index is 2.06. The SMILES string of the molecule is CCOCc1nc(NN)cc(NC2CCC(C)(C)C2)n1. The van der Waals surface area contributed by atoms with Crippen molar-refractivity contribution in [2.75, 3.05) is 17.3 Å². The van der Waals surface area contributed by atoms with Crippen molar-refractivity contribution in [1.82, 2.24) is 9.97 Å². The highest BCUT2D eigenvalue weighted by molar-refractivity contribution is 5.47. The summed E-state index contributed by atoms with van der Waals surface area (Å²) in [5.41, 5.74) is 2.99. The third-order valence-corrected chi connectivity index (χ3v) is 3.68. The molecule has 0 bridgehead atoms. The average molecular weight is 279 g/mol. The number of ether oxygens (including phenoxy) is 1. The van der Waals surface area contributed by atoms with Gasteiger partial charge < -0.3 is 15.5 Å². The number of aromatic nitrogens is 2. The minimum Gasteiger partial charge on any atom is -0.374 e. The molecule has 1 saturated carbocycles. The van der Waals surface area contributed by atoms with Crippen LogP contribution in [0.4, 0.5) is 11.6 Å². The Kier molecular flexibility index (Phi) is 4.77. The van der Waals surface area contributed by atoms with Gasteiger partial charge in [-0.1, -0.05) is 13.8 Å². The van der Waals surface area contributed by atoms with Crippen LogP contribution in [0.25, 0.3) is 0 Å². The zero-order valence-electron chi connectivity index (χ0n) is 12.6. The normalized spacial score (nSPS) is 20.9. The maximum atomic E-state index is 5.46. The molecule has 0 radical (unpaired) electrons. The first-order valence-corrected chi connectivity index (χ1v) is 7.21. The molecule has 6 heteroatoms. The van der Waals surface area contributed by atoms with E-state index in [-0.39, 0.29) is 0 Å². The first-order chi connectivity index (χ1) is 9.52. The topological polar surface area (TPSA) is 85.1 Å². The lowest BCUT2D eigenvalue weighted by atomic mass is 9.92. The number of nitrogens with one attached hydrogen (secondary N) is 2. The highest BCUT2D eigenvalue weighted by Crippen LogP contribution is 2.38. The number of nitrogens with two attached hydrogens (primary N) is 1. The number of hydrogen-bond donors (Lipinski definition) is 3. The third-order valence-electron chi connectivity index (χ3n) is 3.68. The zero-order chi connectivity index (χ0) is 14.6. The maximum absolute atomic E-state index is 5.46. The average Bonchev–Trinajstić information content (AvgIpc) is 2.75. The molecule has 112 valence electrons. The minimum atomic E-state index is 0.400. The Morgan fingerprint density at radius 3 is 2.75 bits per heavy atom. The Morgan fingerprint density at radius 1 is 1.40 bits per heavy atom. The molecule has 0 spiro atoms. The molecule has 1 aliphatic carbocycles. The van der Waals surface area contributed by atoms with Crippen LogP contribution in [0, 0.1) is 5.41 Å². The number of nitrogens with zero attached hydrogens (tertiary/aromatic N) is 2. The number of hydrazine groups is 1. The molecule has 0 amide bonds. The molecule has 1 atom stereocenters. The number of anilines is 2. The van der Waals surface area contributed by atoms with Crippen LogP contribution in [0.2, 0.25) is 0 Å². The van der Waals surface area contributed by atoms with E-state index >= 15 is 0 Å². The predicted octanol–water partition coefficient (Wildman–Crippen LogP) is 2.29. The largest absolute Gasteiger partial charge is 0.374 e. The summed E-state index contributed by atoms with van der Waals surface area (Å²) in [6, 6.07) is 2.30. The Morgan fingerprint density at radius 2 is 2.15 bits per heavy atom. The summed E-state index contributed by atoms with van der Waals surface area (Å²) in [7, 11) is 0. The summed E-state index contributed by atoms with van der Waals surface area (Å²) < 4.78 is 5.36. The van der Waals surface area contributed by atoms with Crippen LogP contribution in [0.3, 0.4) is 0 Å². The van der Waals surface area contributed by atoms with Crippen molar-refractivity contribution < 1.29 is 4.74 Å². The first kappa shape index (κ1) is 15.0. The second-order valence-electron chi connectivity index (χ2n) is 6.08. The van der Waals surface area contributed by atoms with Crippen LogP contribution >= 0.6 is 0 Å². The van der Waals surface area contributed by atoms with E-state index in [1.165, 1.54) is 12.8 Å². The predicted molar refractivity (Wildman–Crippen MR) is 80.2 cm³/mol. The summed E-state index contributed by atoms with van der Waals surface area (Å²) in [5, 5.41) is 3.49. The summed E-state index contributed by atoms with van der Waals surface area (Å²) in [4.78, 5) is 8.77. The summed E-state index contributed by atoms with van der Waals surface area (Å²) >= 11 is 0. The number of rotatable bonds is 6. The van der Waals surface area contributed by atoms with E-state index in [1.807, 2.05) is 13.0 Å². The fourth-order valence-corrected chi connectivity index (χ4v) is 2.67. The summed E-state index contributed by atoms with van der Waals surface area (Å²) in [5.74, 6) is 7.52. The van der Waals surface area contributed by atoms with E-state index in [0.29, 0.717) is 36.3 Å². The molecular formula is C14H25N5O. The molecular weight excluding hydrogens is 254 g/mol. The van der Waals surface area contributed by atoms with Crippen molar-refractivity contribution >= 4 is 11.6 Å². The van der Waals surface area contributed by atoms with E-state index in [2.05, 4.69) is 34.6 Å². The minimum absolute atomic E-state index is 0.400. The van der Waals surface area contributed by atoms with Gasteiger partial charge in [0.1, 0.15) is 18.2 Å². The van der Waals surface area contributed by atoms with Crippen LogP contribution in [-0.4, -0.2) is 22.6 Å². The van der Waals surface area contributed by atoms with Gasteiger partial charge in [-0.2, -0.15) is 0 Å². The first-order valence-electron chi connectivity index (χ1n) is 7.21. The molecule has 0 saturated heterocycles. The third kappa shape index (κ3) is 4.05. The van der Waals surface area contributed by atoms with Gasteiger partial charge in [0.15, 0.2) is 5.82 Å². The summed E-state index contributed by atoms with van der Waals surface area (Å²) in [6.07, 6.45) is 3.57. The molecule has 0 aliphatic heterocycles. The second-order valence-corrected chi connectivity index (χ2v) is 6.08. The van der Waals surface area contributed by atoms with Crippen molar-refractivity contribution in [2.24, 2.45) is 11.3 Å². The van der Waals surface area contributed by atoms with Crippen LogP contribution < -0.4 is 16.6 Å². The highest BCUT2D eigenvalue weighted by Gasteiger charge is 2.31. The fraction of sp³-hybridized carbons (Fsp3) is 0.714. The van der Waals surface area contributed by atoms with Crippen LogP contribution in [0.1, 0.15) is 45.9 Å². The molecule has 20 heavy (non-hydrogen) atoms. The molecule has 1 unspecified atom stereocenters. The highest BCUT2D eigenvalue weighted by atomic mass is 16.5. The van der Waals surface area contributed by atoms with Crippen molar-refractivity contribution in [2.45, 2.75) is 52.7 Å². The Hall–Kier alpha value is -1.40. The van der Waals surface area contributed by atoms with Crippen molar-refractivity contribution in [1.29, 1.82) is 0 Å². The van der Waals surface area contributed by atoms with E-state index in [9.17, 15) is 0 Å². The Labute approximate surface area is 120 Å². The molecule has 2 rings (SSSR count). The van der Waals surface area contributed by atoms with Gasteiger partial charge in [-0.05, 0) is 31.6 Å². The molecule has 4 N–H and O–H groups in total. The second kappa shape index (κ2) is 6.37. The monoisotopic (exact) mass is 279 g/mol. The lowest BCUT2D eigenvalue weighted by Crippen LogP contribution is -2.20. The van der Waals surface area contributed by atoms with E-state index in [0.717, 1.165) is 12.2 Å². The van der Waals surface area contributed by atoms with Crippen molar-refractivity contribution in [3.8, 4) is 0 Å². The van der Waals surface area contributed by atoms with Gasteiger partial charge in [0.05, 0.1) is 0 Å². The molecule has 0 aromatic carbocycles. The van der Waals surface area contributed by atoms with Crippen molar-refractivity contribution in [3.05, 3.63) is 11.9 Å². The maximum Gasteiger partial charge on any atom is 0.158 e. The summed E-state index contributed by atoms with van der Waals surface area (Å²) in [6.45, 7) is 7.61. The smallest absolute Gasteiger partial charge is 0.158 e. The van der Waals surface area contributed by atoms with E-state index in [4.69, 9.17) is 10.6 Å². The van der Waals surface area contributed by atoms with E-state index < -0.39 is 0 Å². The zero-order valence-corrected chi connectivity index (χ0v) is 12.6. The van der Waals surface area contributed by atoms with Gasteiger partial charge in [0.25, 0.3) is 0 Å². The molecule has 1 fully saturated rings.